The van der Waals surface area contributed by atoms with Gasteiger partial charge in [-0.05, 0) is 0 Å². The Bertz CT molecular complexity index is 754. The second-order valence-corrected chi connectivity index (χ2v) is 4.47. The summed E-state index contributed by atoms with van der Waals surface area (Å²) in [6, 6.07) is 0. The molecule has 1 saturated heterocycles. The third-order valence-corrected chi connectivity index (χ3v) is 3.23. The zero-order valence-electron chi connectivity index (χ0n) is 10.3. The fourth-order valence-electron chi connectivity index (χ4n) is 2.28. The van der Waals surface area contributed by atoms with Gasteiger partial charge in [0.2, 0.25) is 0 Å². The molecule has 0 bridgehead atoms. The molecule has 20 heavy (non-hydrogen) atoms. The van der Waals surface area contributed by atoms with E-state index in [4.69, 9.17) is 9.84 Å². The summed E-state index contributed by atoms with van der Waals surface area (Å²) in [6.45, 7) is -0.362. The first-order valence-electron chi connectivity index (χ1n) is 6.01. The van der Waals surface area contributed by atoms with Crippen LogP contribution in [0, 0.1) is 0 Å². The Labute approximate surface area is 111 Å². The van der Waals surface area contributed by atoms with Crippen LogP contribution < -0.4 is 11.2 Å². The highest BCUT2D eigenvalue weighted by atomic mass is 16.5. The minimum atomic E-state index is -0.893. The van der Waals surface area contributed by atoms with Crippen LogP contribution in [0.3, 0.4) is 0 Å². The van der Waals surface area contributed by atoms with Crippen molar-refractivity contribution < 1.29 is 14.9 Å². The number of nitrogens with zero attached hydrogens (tertiary/aromatic N) is 3. The highest BCUT2D eigenvalue weighted by Gasteiger charge is 2.36. The SMILES string of the molecule is O=c1[nH]c(=O)n(C2C[C@H](O)[C@@H](CO)O2)c2nccnc12. The van der Waals surface area contributed by atoms with Crippen molar-refractivity contribution in [1.29, 1.82) is 0 Å². The van der Waals surface area contributed by atoms with Crippen molar-refractivity contribution in [3.8, 4) is 0 Å². The van der Waals surface area contributed by atoms with Crippen LogP contribution in [0.15, 0.2) is 22.0 Å². The zero-order chi connectivity index (χ0) is 14.3. The molecule has 1 fully saturated rings. The Hall–Kier alpha value is -2.10. The van der Waals surface area contributed by atoms with Crippen molar-refractivity contribution in [2.75, 3.05) is 6.61 Å². The first kappa shape index (κ1) is 12.9. The monoisotopic (exact) mass is 280 g/mol. The van der Waals surface area contributed by atoms with Gasteiger partial charge in [-0.15, -0.1) is 0 Å². The van der Waals surface area contributed by atoms with E-state index in [1.165, 1.54) is 12.4 Å². The molecule has 2 aromatic heterocycles. The van der Waals surface area contributed by atoms with E-state index >= 15 is 0 Å². The third kappa shape index (κ3) is 1.92. The molecule has 0 aromatic carbocycles. The van der Waals surface area contributed by atoms with E-state index in [-0.39, 0.29) is 24.2 Å². The van der Waals surface area contributed by atoms with E-state index in [0.29, 0.717) is 0 Å². The Morgan fingerprint density at radius 3 is 2.85 bits per heavy atom. The van der Waals surface area contributed by atoms with E-state index in [2.05, 4.69) is 15.0 Å². The third-order valence-electron chi connectivity index (χ3n) is 3.23. The summed E-state index contributed by atoms with van der Waals surface area (Å²) < 4.78 is 6.54. The van der Waals surface area contributed by atoms with Crippen molar-refractivity contribution in [3.63, 3.8) is 0 Å². The molecule has 3 rings (SSSR count). The molecule has 1 unspecified atom stereocenters. The van der Waals surface area contributed by atoms with Crippen LogP contribution in [0.5, 0.6) is 0 Å². The van der Waals surface area contributed by atoms with Gasteiger partial charge in [-0.25, -0.2) is 19.3 Å². The predicted octanol–water partition coefficient (Wildman–Crippen LogP) is -1.88. The summed E-state index contributed by atoms with van der Waals surface area (Å²) in [5.41, 5.74) is -1.24. The maximum Gasteiger partial charge on any atom is 0.332 e. The van der Waals surface area contributed by atoms with Crippen LogP contribution in [0.2, 0.25) is 0 Å². The van der Waals surface area contributed by atoms with Gasteiger partial charge in [0.15, 0.2) is 11.2 Å². The molecule has 2 aromatic rings. The summed E-state index contributed by atoms with van der Waals surface area (Å²) in [5, 5.41) is 18.8. The number of ether oxygens (including phenoxy) is 1. The van der Waals surface area contributed by atoms with Gasteiger partial charge in [0.05, 0.1) is 12.7 Å². The lowest BCUT2D eigenvalue weighted by Gasteiger charge is -2.15. The molecule has 3 heterocycles. The van der Waals surface area contributed by atoms with Crippen LogP contribution in [0.1, 0.15) is 12.6 Å². The molecule has 0 aliphatic carbocycles. The van der Waals surface area contributed by atoms with Gasteiger partial charge < -0.3 is 14.9 Å². The number of rotatable bonds is 2. The van der Waals surface area contributed by atoms with Crippen molar-refractivity contribution in [2.24, 2.45) is 0 Å². The average Bonchev–Trinajstić information content (AvgIpc) is 2.80. The van der Waals surface area contributed by atoms with Crippen molar-refractivity contribution >= 4 is 11.2 Å². The van der Waals surface area contributed by atoms with Crippen molar-refractivity contribution in [3.05, 3.63) is 33.2 Å². The first-order chi connectivity index (χ1) is 9.61. The number of hydrogen-bond acceptors (Lipinski definition) is 7. The summed E-state index contributed by atoms with van der Waals surface area (Å²) in [7, 11) is 0. The van der Waals surface area contributed by atoms with Crippen LogP contribution in [0.4, 0.5) is 0 Å². The number of nitrogens with one attached hydrogen (secondary N) is 1. The quantitative estimate of drug-likeness (QED) is 0.586. The van der Waals surface area contributed by atoms with Crippen molar-refractivity contribution in [2.45, 2.75) is 24.9 Å². The van der Waals surface area contributed by atoms with E-state index < -0.39 is 29.7 Å². The first-order valence-corrected chi connectivity index (χ1v) is 6.01. The standard InChI is InChI=1S/C11H12N4O5/c16-4-6-5(17)3-7(20-6)15-9-8(12-1-2-13-9)10(18)14-11(15)19/h1-2,5-7,16-17H,3-4H2,(H,14,18,19)/t5-,6+,7?/m0/s1. The topological polar surface area (TPSA) is 130 Å². The number of hydrogen-bond donors (Lipinski definition) is 3. The van der Waals surface area contributed by atoms with E-state index in [1.54, 1.807) is 0 Å². The number of fused-ring (bicyclic) bond motifs is 1. The van der Waals surface area contributed by atoms with Gasteiger partial charge in [0, 0.05) is 18.8 Å². The lowest BCUT2D eigenvalue weighted by Crippen LogP contribution is -2.34. The van der Waals surface area contributed by atoms with E-state index in [0.717, 1.165) is 4.57 Å². The van der Waals surface area contributed by atoms with Crippen molar-refractivity contribution in [1.82, 2.24) is 19.5 Å². The molecule has 1 aliphatic heterocycles. The highest BCUT2D eigenvalue weighted by molar-refractivity contribution is 5.67. The number of aliphatic hydroxyl groups excluding tert-OH is 2. The van der Waals surface area contributed by atoms with Crippen LogP contribution in [-0.2, 0) is 4.74 Å². The van der Waals surface area contributed by atoms with Gasteiger partial charge in [-0.2, -0.15) is 0 Å². The second-order valence-electron chi connectivity index (χ2n) is 4.47. The minimum Gasteiger partial charge on any atom is -0.394 e. The molecule has 0 radical (unpaired) electrons. The lowest BCUT2D eigenvalue weighted by molar-refractivity contribution is -0.0445. The number of H-pyrrole nitrogens is 1. The fraction of sp³-hybridized carbons (Fsp3) is 0.455. The molecule has 3 N–H and O–H groups in total. The highest BCUT2D eigenvalue weighted by Crippen LogP contribution is 2.28. The molecule has 0 spiro atoms. The lowest BCUT2D eigenvalue weighted by atomic mass is 10.2. The number of aliphatic hydroxyl groups is 2. The fourth-order valence-corrected chi connectivity index (χ4v) is 2.28. The number of aromatic nitrogens is 4. The van der Waals surface area contributed by atoms with Gasteiger partial charge >= 0.3 is 5.69 Å². The number of aromatic amines is 1. The molecule has 3 atom stereocenters. The Morgan fingerprint density at radius 1 is 1.40 bits per heavy atom. The molecular formula is C11H12N4O5. The summed E-state index contributed by atoms with van der Waals surface area (Å²) >= 11 is 0. The van der Waals surface area contributed by atoms with E-state index in [9.17, 15) is 14.7 Å². The Kier molecular flexibility index (Phi) is 3.08. The van der Waals surface area contributed by atoms with Crippen LogP contribution in [-0.4, -0.2) is 48.5 Å². The molecule has 0 amide bonds. The maximum atomic E-state index is 12.0. The van der Waals surface area contributed by atoms with Gasteiger partial charge in [-0.1, -0.05) is 0 Å². The molecular weight excluding hydrogens is 268 g/mol. The maximum absolute atomic E-state index is 12.0. The average molecular weight is 280 g/mol. The Morgan fingerprint density at radius 2 is 2.15 bits per heavy atom. The van der Waals surface area contributed by atoms with Crippen LogP contribution in [0.25, 0.3) is 11.2 Å². The summed E-state index contributed by atoms with van der Waals surface area (Å²) in [4.78, 5) is 33.6. The van der Waals surface area contributed by atoms with E-state index in [1.807, 2.05) is 0 Å². The van der Waals surface area contributed by atoms with Crippen LogP contribution >= 0.6 is 0 Å². The zero-order valence-corrected chi connectivity index (χ0v) is 10.3. The summed E-state index contributed by atoms with van der Waals surface area (Å²) in [6.07, 6.45) is 0.328. The van der Waals surface area contributed by atoms with Gasteiger partial charge in [0.25, 0.3) is 5.56 Å². The Balaban J connectivity index is 2.18. The molecule has 0 saturated carbocycles. The molecule has 1 aliphatic rings. The minimum absolute atomic E-state index is 0.0117. The van der Waals surface area contributed by atoms with Gasteiger partial charge in [0.1, 0.15) is 12.3 Å². The smallest absolute Gasteiger partial charge is 0.332 e. The molecule has 9 heteroatoms. The second kappa shape index (κ2) is 4.78. The predicted molar refractivity (Wildman–Crippen MR) is 66.0 cm³/mol. The molecule has 106 valence electrons. The largest absolute Gasteiger partial charge is 0.394 e. The normalized spacial score (nSPS) is 26.2. The van der Waals surface area contributed by atoms with Gasteiger partial charge in [-0.3, -0.25) is 9.78 Å². The molecule has 9 nitrogen and oxygen atoms in total. The summed E-state index contributed by atoms with van der Waals surface area (Å²) in [5.74, 6) is 0.